The molecule has 0 unspecified atom stereocenters. The van der Waals surface area contributed by atoms with E-state index in [0.717, 1.165) is 36.4 Å². The highest BCUT2D eigenvalue weighted by atomic mass is 31.2. The summed E-state index contributed by atoms with van der Waals surface area (Å²) >= 11 is 0. The molecule has 0 aliphatic heterocycles. The summed E-state index contributed by atoms with van der Waals surface area (Å²) in [6.45, 7) is 0. The molecule has 0 bridgehead atoms. The number of carbonyl (C=O) groups excluding carboxylic acids is 2. The standard InChI is InChI=1S/C8H4FN2O3P/c9-7-1-3-8(4-2-7)15(14,10-5-12)11-6-13/h1-4H. The lowest BCUT2D eigenvalue weighted by Gasteiger charge is -2.02. The van der Waals surface area contributed by atoms with E-state index in [4.69, 9.17) is 0 Å². The van der Waals surface area contributed by atoms with E-state index in [0.29, 0.717) is 0 Å². The Morgan fingerprint density at radius 1 is 1.07 bits per heavy atom. The van der Waals surface area contributed by atoms with E-state index in [9.17, 15) is 18.5 Å². The number of hydrogen-bond donors (Lipinski definition) is 0. The number of isocyanates is 2. The van der Waals surface area contributed by atoms with Crippen LogP contribution in [0, 0.1) is 5.82 Å². The van der Waals surface area contributed by atoms with Crippen LogP contribution in [0.25, 0.3) is 0 Å². The van der Waals surface area contributed by atoms with Crippen LogP contribution in [0.15, 0.2) is 33.8 Å². The molecule has 0 heterocycles. The average Bonchev–Trinajstić information content (AvgIpc) is 2.19. The number of halogens is 1. The van der Waals surface area contributed by atoms with Crippen LogP contribution in [-0.2, 0) is 14.2 Å². The smallest absolute Gasteiger partial charge is 0.265 e. The maximum absolute atomic E-state index is 12.5. The van der Waals surface area contributed by atoms with Crippen LogP contribution in [0.1, 0.15) is 0 Å². The maximum Gasteiger partial charge on any atom is 0.349 e. The molecule has 5 nitrogen and oxygen atoms in total. The quantitative estimate of drug-likeness (QED) is 0.443. The Kier molecular flexibility index (Phi) is 3.42. The zero-order chi connectivity index (χ0) is 11.3. The molecule has 0 radical (unpaired) electrons. The summed E-state index contributed by atoms with van der Waals surface area (Å²) in [5.41, 5.74) is 0. The first-order chi connectivity index (χ1) is 7.12. The Bertz CT molecular complexity index is 479. The number of rotatable bonds is 3. The summed E-state index contributed by atoms with van der Waals surface area (Å²) in [5, 5.41) is -0.0319. The van der Waals surface area contributed by atoms with Crippen molar-refractivity contribution in [2.24, 2.45) is 9.53 Å². The third-order valence-electron chi connectivity index (χ3n) is 1.52. The molecule has 0 amide bonds. The molecule has 7 heteroatoms. The summed E-state index contributed by atoms with van der Waals surface area (Å²) < 4.78 is 30.2. The van der Waals surface area contributed by atoms with Crippen LogP contribution in [0.3, 0.4) is 0 Å². The van der Waals surface area contributed by atoms with Crippen molar-refractivity contribution < 1.29 is 18.5 Å². The van der Waals surface area contributed by atoms with Crippen molar-refractivity contribution in [3.05, 3.63) is 30.1 Å². The van der Waals surface area contributed by atoms with Gasteiger partial charge < -0.3 is 0 Å². The minimum atomic E-state index is -3.86. The molecular weight excluding hydrogens is 222 g/mol. The molecule has 0 saturated heterocycles. The fraction of sp³-hybridized carbons (Fsp3) is 0. The minimum absolute atomic E-state index is 0.0319. The fourth-order valence-electron chi connectivity index (χ4n) is 0.884. The number of hydrogen-bond acceptors (Lipinski definition) is 3. The molecule has 0 atom stereocenters. The summed E-state index contributed by atoms with van der Waals surface area (Å²) in [6, 6.07) is 4.28. The van der Waals surface area contributed by atoms with Gasteiger partial charge >= 0.3 is 7.44 Å². The molecule has 0 fully saturated rings. The molecule has 15 heavy (non-hydrogen) atoms. The SMILES string of the molecule is O=C=NP(=O)(N=C=O)c1ccc(F)cc1. The molecule has 1 aromatic carbocycles. The van der Waals surface area contributed by atoms with Gasteiger partial charge in [-0.1, -0.05) is 0 Å². The number of benzene rings is 1. The van der Waals surface area contributed by atoms with Crippen molar-refractivity contribution in [3.8, 4) is 0 Å². The Hall–Kier alpha value is -1.86. The molecule has 0 spiro atoms. The molecule has 1 rings (SSSR count). The van der Waals surface area contributed by atoms with E-state index in [-0.39, 0.29) is 5.30 Å². The van der Waals surface area contributed by atoms with Crippen molar-refractivity contribution in [2.75, 3.05) is 0 Å². The van der Waals surface area contributed by atoms with Gasteiger partial charge in [0.05, 0.1) is 5.30 Å². The molecule has 0 aliphatic rings. The van der Waals surface area contributed by atoms with Gasteiger partial charge in [0.2, 0.25) is 12.2 Å². The Morgan fingerprint density at radius 2 is 1.53 bits per heavy atom. The average molecular weight is 226 g/mol. The van der Waals surface area contributed by atoms with E-state index >= 15 is 0 Å². The lowest BCUT2D eigenvalue weighted by atomic mass is 10.4. The molecule has 76 valence electrons. The van der Waals surface area contributed by atoms with Crippen molar-refractivity contribution in [2.45, 2.75) is 0 Å². The van der Waals surface area contributed by atoms with Gasteiger partial charge in [-0.15, -0.1) is 9.53 Å². The highest BCUT2D eigenvalue weighted by Gasteiger charge is 2.23. The molecular formula is C8H4FN2O3P. The molecule has 0 aromatic heterocycles. The first-order valence-electron chi connectivity index (χ1n) is 3.67. The summed E-state index contributed by atoms with van der Waals surface area (Å²) in [6.07, 6.45) is 2.10. The highest BCUT2D eigenvalue weighted by Crippen LogP contribution is 2.46. The van der Waals surface area contributed by atoms with Crippen LogP contribution in [0.4, 0.5) is 4.39 Å². The molecule has 0 aliphatic carbocycles. The number of nitrogens with zero attached hydrogens (tertiary/aromatic N) is 2. The lowest BCUT2D eigenvalue weighted by molar-refractivity contribution is 0.560. The minimum Gasteiger partial charge on any atom is -0.265 e. The Labute approximate surface area is 83.8 Å². The van der Waals surface area contributed by atoms with Gasteiger partial charge in [-0.3, -0.25) is 4.57 Å². The first kappa shape index (κ1) is 11.2. The predicted molar refractivity (Wildman–Crippen MR) is 49.9 cm³/mol. The van der Waals surface area contributed by atoms with Crippen LogP contribution < -0.4 is 5.30 Å². The van der Waals surface area contributed by atoms with Crippen LogP contribution in [0.2, 0.25) is 0 Å². The van der Waals surface area contributed by atoms with Gasteiger partial charge in [-0.25, -0.2) is 14.0 Å². The van der Waals surface area contributed by atoms with E-state index < -0.39 is 13.3 Å². The fourth-order valence-corrected chi connectivity index (χ4v) is 1.92. The topological polar surface area (TPSA) is 75.9 Å². The monoisotopic (exact) mass is 226 g/mol. The normalized spacial score (nSPS) is 13.1. The van der Waals surface area contributed by atoms with E-state index in [1.165, 1.54) is 0 Å². The van der Waals surface area contributed by atoms with Crippen molar-refractivity contribution in [1.29, 1.82) is 0 Å². The summed E-state index contributed by atoms with van der Waals surface area (Å²) in [5.74, 6) is -0.546. The van der Waals surface area contributed by atoms with Crippen LogP contribution in [0.5, 0.6) is 0 Å². The van der Waals surface area contributed by atoms with Crippen molar-refractivity contribution in [1.82, 2.24) is 0 Å². The van der Waals surface area contributed by atoms with Gasteiger partial charge in [0.25, 0.3) is 0 Å². The van der Waals surface area contributed by atoms with Gasteiger partial charge in [-0.2, -0.15) is 0 Å². The maximum atomic E-state index is 12.5. The van der Waals surface area contributed by atoms with Crippen LogP contribution >= 0.6 is 7.44 Å². The van der Waals surface area contributed by atoms with Gasteiger partial charge in [0, 0.05) is 0 Å². The Morgan fingerprint density at radius 3 is 1.93 bits per heavy atom. The summed E-state index contributed by atoms with van der Waals surface area (Å²) in [4.78, 5) is 20.0. The third kappa shape index (κ3) is 2.55. The van der Waals surface area contributed by atoms with Crippen molar-refractivity contribution in [3.63, 3.8) is 0 Å². The van der Waals surface area contributed by atoms with E-state index in [1.54, 1.807) is 0 Å². The van der Waals surface area contributed by atoms with Gasteiger partial charge in [-0.05, 0) is 24.3 Å². The molecule has 0 saturated carbocycles. The van der Waals surface area contributed by atoms with E-state index in [2.05, 4.69) is 9.53 Å². The van der Waals surface area contributed by atoms with Crippen molar-refractivity contribution >= 4 is 24.9 Å². The first-order valence-corrected chi connectivity index (χ1v) is 5.28. The zero-order valence-electron chi connectivity index (χ0n) is 7.25. The largest absolute Gasteiger partial charge is 0.349 e. The Balaban J connectivity index is 3.33. The summed E-state index contributed by atoms with van der Waals surface area (Å²) in [7, 11) is -3.86. The second kappa shape index (κ2) is 4.58. The predicted octanol–water partition coefficient (Wildman–Crippen LogP) is 1.32. The van der Waals surface area contributed by atoms with E-state index in [1.807, 2.05) is 0 Å². The zero-order valence-corrected chi connectivity index (χ0v) is 8.15. The second-order valence-corrected chi connectivity index (χ2v) is 4.41. The van der Waals surface area contributed by atoms with Gasteiger partial charge in [0.15, 0.2) is 0 Å². The lowest BCUT2D eigenvalue weighted by Crippen LogP contribution is -2.00. The molecule has 0 N–H and O–H groups in total. The van der Waals surface area contributed by atoms with Crippen LogP contribution in [-0.4, -0.2) is 12.2 Å². The highest BCUT2D eigenvalue weighted by molar-refractivity contribution is 7.69. The van der Waals surface area contributed by atoms with Gasteiger partial charge in [0.1, 0.15) is 5.82 Å². The molecule has 1 aromatic rings. The second-order valence-electron chi connectivity index (χ2n) is 2.40. The third-order valence-corrected chi connectivity index (χ3v) is 3.19.